The standard InChI is InChI=1S/C13H8BrF3/c14-13(8-4-2-1-3-5-8)12-10(16)6-9(15)7-11(12)17/h1-7,13H. The highest BCUT2D eigenvalue weighted by Gasteiger charge is 2.20. The molecule has 0 aliphatic carbocycles. The van der Waals surface area contributed by atoms with Gasteiger partial charge in [0.25, 0.3) is 0 Å². The van der Waals surface area contributed by atoms with E-state index in [9.17, 15) is 13.2 Å². The van der Waals surface area contributed by atoms with Crippen molar-refractivity contribution in [1.29, 1.82) is 0 Å². The summed E-state index contributed by atoms with van der Waals surface area (Å²) in [6.07, 6.45) is 0. The predicted molar refractivity (Wildman–Crippen MR) is 63.5 cm³/mol. The Bertz CT molecular complexity index is 502. The van der Waals surface area contributed by atoms with Gasteiger partial charge in [-0.15, -0.1) is 0 Å². The summed E-state index contributed by atoms with van der Waals surface area (Å²) in [6.45, 7) is 0. The summed E-state index contributed by atoms with van der Waals surface area (Å²) >= 11 is 3.22. The van der Waals surface area contributed by atoms with Gasteiger partial charge in [0.15, 0.2) is 0 Å². The summed E-state index contributed by atoms with van der Waals surface area (Å²) in [5, 5.41) is 0. The topological polar surface area (TPSA) is 0 Å². The van der Waals surface area contributed by atoms with Crippen LogP contribution in [0.25, 0.3) is 0 Å². The molecule has 0 nitrogen and oxygen atoms in total. The Morgan fingerprint density at radius 1 is 0.882 bits per heavy atom. The molecule has 0 saturated heterocycles. The second-order valence-corrected chi connectivity index (χ2v) is 4.47. The van der Waals surface area contributed by atoms with Crippen molar-refractivity contribution < 1.29 is 13.2 Å². The molecule has 0 aliphatic heterocycles. The van der Waals surface area contributed by atoms with Gasteiger partial charge >= 0.3 is 0 Å². The lowest BCUT2D eigenvalue weighted by molar-refractivity contribution is 0.527. The van der Waals surface area contributed by atoms with Crippen molar-refractivity contribution in [3.8, 4) is 0 Å². The molecule has 4 heteroatoms. The zero-order valence-electron chi connectivity index (χ0n) is 8.63. The highest BCUT2D eigenvalue weighted by molar-refractivity contribution is 9.09. The van der Waals surface area contributed by atoms with Crippen LogP contribution in [0.4, 0.5) is 13.2 Å². The Kier molecular flexibility index (Phi) is 3.52. The molecule has 0 aliphatic rings. The molecule has 0 amide bonds. The molecule has 1 unspecified atom stereocenters. The maximum atomic E-state index is 13.5. The zero-order valence-corrected chi connectivity index (χ0v) is 10.2. The smallest absolute Gasteiger partial charge is 0.133 e. The van der Waals surface area contributed by atoms with Gasteiger partial charge in [-0.1, -0.05) is 46.3 Å². The number of halogens is 4. The van der Waals surface area contributed by atoms with Crippen molar-refractivity contribution in [2.45, 2.75) is 4.83 Å². The van der Waals surface area contributed by atoms with E-state index < -0.39 is 22.3 Å². The van der Waals surface area contributed by atoms with Gasteiger partial charge in [0.2, 0.25) is 0 Å². The van der Waals surface area contributed by atoms with Crippen LogP contribution in [-0.4, -0.2) is 0 Å². The van der Waals surface area contributed by atoms with Gasteiger partial charge in [-0.2, -0.15) is 0 Å². The molecule has 17 heavy (non-hydrogen) atoms. The van der Waals surface area contributed by atoms with Crippen LogP contribution in [0.3, 0.4) is 0 Å². The van der Waals surface area contributed by atoms with Gasteiger partial charge < -0.3 is 0 Å². The van der Waals surface area contributed by atoms with E-state index in [-0.39, 0.29) is 5.56 Å². The third kappa shape index (κ3) is 2.52. The van der Waals surface area contributed by atoms with E-state index in [0.29, 0.717) is 17.7 Å². The predicted octanol–water partition coefficient (Wildman–Crippen LogP) is 4.59. The molecule has 0 N–H and O–H groups in total. The normalized spacial score (nSPS) is 12.5. The SMILES string of the molecule is Fc1cc(F)c(C(Br)c2ccccc2)c(F)c1. The number of benzene rings is 2. The average Bonchev–Trinajstić information content (AvgIpc) is 2.28. The lowest BCUT2D eigenvalue weighted by Crippen LogP contribution is -2.01. The minimum atomic E-state index is -0.920. The van der Waals surface area contributed by atoms with Crippen molar-refractivity contribution >= 4 is 15.9 Å². The Morgan fingerprint density at radius 3 is 1.94 bits per heavy atom. The van der Waals surface area contributed by atoms with E-state index in [0.717, 1.165) is 0 Å². The Balaban J connectivity index is 2.48. The summed E-state index contributed by atoms with van der Waals surface area (Å²) in [6, 6.07) is 10.2. The summed E-state index contributed by atoms with van der Waals surface area (Å²) in [5.74, 6) is -2.71. The first-order valence-corrected chi connectivity index (χ1v) is 5.84. The van der Waals surface area contributed by atoms with Gasteiger partial charge in [0.1, 0.15) is 17.5 Å². The number of rotatable bonds is 2. The minimum absolute atomic E-state index is 0.183. The molecule has 0 heterocycles. The molecule has 0 spiro atoms. The van der Waals surface area contributed by atoms with E-state index in [1.54, 1.807) is 30.3 Å². The first-order valence-electron chi connectivity index (χ1n) is 4.93. The average molecular weight is 301 g/mol. The Labute approximate surface area is 105 Å². The van der Waals surface area contributed by atoms with Crippen LogP contribution in [0, 0.1) is 17.5 Å². The fourth-order valence-electron chi connectivity index (χ4n) is 1.58. The first kappa shape index (κ1) is 12.2. The van der Waals surface area contributed by atoms with Crippen LogP contribution in [0.1, 0.15) is 16.0 Å². The Morgan fingerprint density at radius 2 is 1.41 bits per heavy atom. The van der Waals surface area contributed by atoms with Crippen LogP contribution in [-0.2, 0) is 0 Å². The van der Waals surface area contributed by atoms with Gasteiger partial charge in [-0.25, -0.2) is 13.2 Å². The third-order valence-corrected chi connectivity index (χ3v) is 3.38. The van der Waals surface area contributed by atoms with Crippen molar-refractivity contribution in [3.05, 3.63) is 71.0 Å². The number of alkyl halides is 1. The molecule has 0 radical (unpaired) electrons. The lowest BCUT2D eigenvalue weighted by atomic mass is 10.0. The number of hydrogen-bond donors (Lipinski definition) is 0. The summed E-state index contributed by atoms with van der Waals surface area (Å²) in [4.78, 5) is -0.635. The molecule has 0 aromatic heterocycles. The lowest BCUT2D eigenvalue weighted by Gasteiger charge is -2.12. The maximum Gasteiger partial charge on any atom is 0.133 e. The van der Waals surface area contributed by atoms with Crippen LogP contribution in [0.5, 0.6) is 0 Å². The molecule has 0 saturated carbocycles. The highest BCUT2D eigenvalue weighted by Crippen LogP contribution is 2.34. The van der Waals surface area contributed by atoms with Crippen molar-refractivity contribution in [2.75, 3.05) is 0 Å². The van der Waals surface area contributed by atoms with Gasteiger partial charge in [-0.3, -0.25) is 0 Å². The fourth-order valence-corrected chi connectivity index (χ4v) is 2.33. The molecule has 2 aromatic carbocycles. The largest absolute Gasteiger partial charge is 0.207 e. The first-order chi connectivity index (χ1) is 8.09. The minimum Gasteiger partial charge on any atom is -0.207 e. The summed E-state index contributed by atoms with van der Waals surface area (Å²) in [5.41, 5.74) is 0.523. The quantitative estimate of drug-likeness (QED) is 0.712. The van der Waals surface area contributed by atoms with Gasteiger partial charge in [0, 0.05) is 17.7 Å². The van der Waals surface area contributed by atoms with Gasteiger partial charge in [-0.05, 0) is 5.56 Å². The monoisotopic (exact) mass is 300 g/mol. The second-order valence-electron chi connectivity index (χ2n) is 3.56. The van der Waals surface area contributed by atoms with E-state index >= 15 is 0 Å². The van der Waals surface area contributed by atoms with Crippen LogP contribution < -0.4 is 0 Å². The zero-order chi connectivity index (χ0) is 12.4. The summed E-state index contributed by atoms with van der Waals surface area (Å²) in [7, 11) is 0. The van der Waals surface area contributed by atoms with Crippen molar-refractivity contribution in [2.24, 2.45) is 0 Å². The van der Waals surface area contributed by atoms with Crippen LogP contribution in [0.2, 0.25) is 0 Å². The molecule has 2 rings (SSSR count). The summed E-state index contributed by atoms with van der Waals surface area (Å²) < 4.78 is 39.9. The molecule has 88 valence electrons. The maximum absolute atomic E-state index is 13.5. The van der Waals surface area contributed by atoms with Crippen LogP contribution >= 0.6 is 15.9 Å². The van der Waals surface area contributed by atoms with E-state index in [1.165, 1.54) is 0 Å². The number of hydrogen-bond acceptors (Lipinski definition) is 0. The molecule has 2 aromatic rings. The van der Waals surface area contributed by atoms with Crippen molar-refractivity contribution in [3.63, 3.8) is 0 Å². The molecular formula is C13H8BrF3. The van der Waals surface area contributed by atoms with E-state index in [4.69, 9.17) is 0 Å². The molecule has 0 fully saturated rings. The van der Waals surface area contributed by atoms with Crippen LogP contribution in [0.15, 0.2) is 42.5 Å². The van der Waals surface area contributed by atoms with Crippen molar-refractivity contribution in [1.82, 2.24) is 0 Å². The molecule has 0 bridgehead atoms. The third-order valence-electron chi connectivity index (χ3n) is 2.39. The fraction of sp³-hybridized carbons (Fsp3) is 0.0769. The molecule has 1 atom stereocenters. The molecular weight excluding hydrogens is 293 g/mol. The van der Waals surface area contributed by atoms with Gasteiger partial charge in [0.05, 0.1) is 4.83 Å². The Hall–Kier alpha value is -1.29. The second kappa shape index (κ2) is 4.92. The van der Waals surface area contributed by atoms with E-state index in [2.05, 4.69) is 15.9 Å². The highest BCUT2D eigenvalue weighted by atomic mass is 79.9. The van der Waals surface area contributed by atoms with E-state index in [1.807, 2.05) is 0 Å².